The molecule has 2 aromatic heterocycles. The van der Waals surface area contributed by atoms with Gasteiger partial charge in [0.05, 0.1) is 11.4 Å². The van der Waals surface area contributed by atoms with Crippen molar-refractivity contribution in [3.8, 4) is 0 Å². The second-order valence-corrected chi connectivity index (χ2v) is 5.51. The van der Waals surface area contributed by atoms with Gasteiger partial charge < -0.3 is 9.84 Å². The summed E-state index contributed by atoms with van der Waals surface area (Å²) < 4.78 is 4.96. The van der Waals surface area contributed by atoms with E-state index in [1.807, 2.05) is 18.4 Å². The van der Waals surface area contributed by atoms with Gasteiger partial charge in [-0.25, -0.2) is 0 Å². The highest BCUT2D eigenvalue weighted by atomic mass is 32.1. The molecular weight excluding hydrogens is 248 g/mol. The third-order valence-corrected chi connectivity index (χ3v) is 3.95. The molecule has 1 saturated carbocycles. The van der Waals surface area contributed by atoms with Crippen molar-refractivity contribution in [3.05, 3.63) is 39.4 Å². The first-order chi connectivity index (χ1) is 8.74. The number of nitrogens with zero attached hydrogens (tertiary/aromatic N) is 1. The molecule has 1 aliphatic carbocycles. The summed E-state index contributed by atoms with van der Waals surface area (Å²) in [5.74, 6) is 1.35. The number of rotatable bonds is 4. The van der Waals surface area contributed by atoms with Gasteiger partial charge in [0.15, 0.2) is 0 Å². The Morgan fingerprint density at radius 2 is 2.44 bits per heavy atom. The summed E-state index contributed by atoms with van der Waals surface area (Å²) in [5, 5.41) is 8.73. The third-order valence-electron chi connectivity index (χ3n) is 3.03. The summed E-state index contributed by atoms with van der Waals surface area (Å²) in [6.07, 6.45) is 2.42. The van der Waals surface area contributed by atoms with Gasteiger partial charge in [0.2, 0.25) is 0 Å². The molecule has 0 spiro atoms. The second-order valence-electron chi connectivity index (χ2n) is 4.59. The Kier molecular flexibility index (Phi) is 2.91. The van der Waals surface area contributed by atoms with Gasteiger partial charge in [0, 0.05) is 6.07 Å². The number of carbonyl (C=O) groups is 1. The Labute approximate surface area is 109 Å². The zero-order valence-electron chi connectivity index (χ0n) is 10.1. The SMILES string of the molecule is Cc1cc(CNC(=O)c2sccc2C2CC2)no1. The third kappa shape index (κ3) is 2.31. The molecule has 0 unspecified atom stereocenters. The molecule has 0 aliphatic heterocycles. The van der Waals surface area contributed by atoms with Gasteiger partial charge in [-0.3, -0.25) is 4.79 Å². The fourth-order valence-corrected chi connectivity index (χ4v) is 2.87. The Bertz CT molecular complexity index is 569. The molecule has 0 radical (unpaired) electrons. The van der Waals surface area contributed by atoms with Gasteiger partial charge >= 0.3 is 0 Å². The second kappa shape index (κ2) is 4.57. The van der Waals surface area contributed by atoms with Crippen LogP contribution in [0.25, 0.3) is 0 Å². The predicted octanol–water partition coefficient (Wildman–Crippen LogP) is 2.85. The quantitative estimate of drug-likeness (QED) is 0.921. The average Bonchev–Trinajstić information content (AvgIpc) is 2.94. The van der Waals surface area contributed by atoms with E-state index in [9.17, 15) is 4.79 Å². The highest BCUT2D eigenvalue weighted by molar-refractivity contribution is 7.12. The van der Waals surface area contributed by atoms with Crippen molar-refractivity contribution < 1.29 is 9.32 Å². The summed E-state index contributed by atoms with van der Waals surface area (Å²) in [7, 11) is 0. The van der Waals surface area contributed by atoms with Crippen LogP contribution in [0.1, 0.15) is 45.4 Å². The molecule has 0 atom stereocenters. The van der Waals surface area contributed by atoms with Crippen molar-refractivity contribution in [2.45, 2.75) is 32.2 Å². The zero-order chi connectivity index (χ0) is 12.5. The van der Waals surface area contributed by atoms with Gasteiger partial charge in [0.25, 0.3) is 5.91 Å². The molecule has 94 valence electrons. The molecule has 1 amide bonds. The molecule has 2 heterocycles. The van der Waals surface area contributed by atoms with Crippen molar-refractivity contribution >= 4 is 17.2 Å². The molecule has 5 heteroatoms. The number of nitrogens with one attached hydrogen (secondary N) is 1. The Hall–Kier alpha value is -1.62. The fourth-order valence-electron chi connectivity index (χ4n) is 1.97. The van der Waals surface area contributed by atoms with E-state index in [4.69, 9.17) is 4.52 Å². The molecule has 1 N–H and O–H groups in total. The Balaban J connectivity index is 1.65. The fraction of sp³-hybridized carbons (Fsp3) is 0.385. The summed E-state index contributed by atoms with van der Waals surface area (Å²) in [6, 6.07) is 3.90. The number of aromatic nitrogens is 1. The lowest BCUT2D eigenvalue weighted by Gasteiger charge is -2.03. The van der Waals surface area contributed by atoms with Crippen LogP contribution >= 0.6 is 11.3 Å². The molecule has 1 fully saturated rings. The van der Waals surface area contributed by atoms with Crippen molar-refractivity contribution in [1.82, 2.24) is 10.5 Å². The number of hydrogen-bond donors (Lipinski definition) is 1. The van der Waals surface area contributed by atoms with Crippen LogP contribution in [-0.4, -0.2) is 11.1 Å². The van der Waals surface area contributed by atoms with Gasteiger partial charge in [-0.2, -0.15) is 0 Å². The van der Waals surface area contributed by atoms with Gasteiger partial charge in [-0.15, -0.1) is 11.3 Å². The van der Waals surface area contributed by atoms with E-state index in [2.05, 4.69) is 16.5 Å². The minimum absolute atomic E-state index is 0.00690. The first-order valence-corrected chi connectivity index (χ1v) is 6.90. The molecule has 0 bridgehead atoms. The lowest BCUT2D eigenvalue weighted by Crippen LogP contribution is -2.22. The molecule has 18 heavy (non-hydrogen) atoms. The van der Waals surface area contributed by atoms with E-state index >= 15 is 0 Å². The van der Waals surface area contributed by atoms with Crippen LogP contribution in [0.5, 0.6) is 0 Å². The lowest BCUT2D eigenvalue weighted by atomic mass is 10.1. The van der Waals surface area contributed by atoms with Crippen molar-refractivity contribution in [2.75, 3.05) is 0 Å². The van der Waals surface area contributed by atoms with E-state index in [1.165, 1.54) is 29.7 Å². The highest BCUT2D eigenvalue weighted by Crippen LogP contribution is 2.43. The largest absolute Gasteiger partial charge is 0.361 e. The summed E-state index contributed by atoms with van der Waals surface area (Å²) in [6.45, 7) is 2.25. The van der Waals surface area contributed by atoms with Crippen LogP contribution in [0, 0.1) is 6.92 Å². The molecule has 0 saturated heterocycles. The molecule has 3 rings (SSSR count). The van der Waals surface area contributed by atoms with Crippen LogP contribution in [0.3, 0.4) is 0 Å². The van der Waals surface area contributed by atoms with Crippen LogP contribution in [0.2, 0.25) is 0 Å². The van der Waals surface area contributed by atoms with E-state index < -0.39 is 0 Å². The normalized spacial score (nSPS) is 14.7. The van der Waals surface area contributed by atoms with E-state index in [0.29, 0.717) is 12.5 Å². The van der Waals surface area contributed by atoms with Gasteiger partial charge in [0.1, 0.15) is 11.5 Å². The molecule has 2 aromatic rings. The Morgan fingerprint density at radius 3 is 3.11 bits per heavy atom. The number of amides is 1. The van der Waals surface area contributed by atoms with Crippen molar-refractivity contribution in [1.29, 1.82) is 0 Å². The molecular formula is C13H14N2O2S. The van der Waals surface area contributed by atoms with Crippen molar-refractivity contribution in [3.63, 3.8) is 0 Å². The highest BCUT2D eigenvalue weighted by Gasteiger charge is 2.28. The van der Waals surface area contributed by atoms with Crippen LogP contribution in [0.4, 0.5) is 0 Å². The maximum absolute atomic E-state index is 12.1. The van der Waals surface area contributed by atoms with Crippen LogP contribution in [-0.2, 0) is 6.54 Å². The molecule has 4 nitrogen and oxygen atoms in total. The minimum Gasteiger partial charge on any atom is -0.361 e. The van der Waals surface area contributed by atoms with Gasteiger partial charge in [-0.05, 0) is 42.7 Å². The zero-order valence-corrected chi connectivity index (χ0v) is 10.9. The van der Waals surface area contributed by atoms with E-state index in [0.717, 1.165) is 16.3 Å². The number of aryl methyl sites for hydroxylation is 1. The van der Waals surface area contributed by atoms with Gasteiger partial charge in [-0.1, -0.05) is 5.16 Å². The Morgan fingerprint density at radius 1 is 1.61 bits per heavy atom. The standard InChI is InChI=1S/C13H14N2O2S/c1-8-6-10(15-17-8)7-14-13(16)12-11(4-5-18-12)9-2-3-9/h4-6,9H,2-3,7H2,1H3,(H,14,16). The molecule has 1 aliphatic rings. The van der Waals surface area contributed by atoms with E-state index in [1.54, 1.807) is 0 Å². The average molecular weight is 262 g/mol. The summed E-state index contributed by atoms with van der Waals surface area (Å²) in [5.41, 5.74) is 1.96. The predicted molar refractivity (Wildman–Crippen MR) is 68.7 cm³/mol. The maximum Gasteiger partial charge on any atom is 0.261 e. The number of carbonyl (C=O) groups excluding carboxylic acids is 1. The maximum atomic E-state index is 12.1. The van der Waals surface area contributed by atoms with Crippen LogP contribution in [0.15, 0.2) is 22.0 Å². The minimum atomic E-state index is -0.00690. The van der Waals surface area contributed by atoms with Crippen LogP contribution < -0.4 is 5.32 Å². The number of thiophene rings is 1. The monoisotopic (exact) mass is 262 g/mol. The van der Waals surface area contributed by atoms with Crippen molar-refractivity contribution in [2.24, 2.45) is 0 Å². The topological polar surface area (TPSA) is 55.1 Å². The first-order valence-electron chi connectivity index (χ1n) is 6.02. The smallest absolute Gasteiger partial charge is 0.261 e. The lowest BCUT2D eigenvalue weighted by molar-refractivity contribution is 0.0953. The van der Waals surface area contributed by atoms with E-state index in [-0.39, 0.29) is 5.91 Å². The first kappa shape index (κ1) is 11.5. The molecule has 0 aromatic carbocycles. The summed E-state index contributed by atoms with van der Waals surface area (Å²) in [4.78, 5) is 12.9. The summed E-state index contributed by atoms with van der Waals surface area (Å²) >= 11 is 1.51. The number of hydrogen-bond acceptors (Lipinski definition) is 4.